The van der Waals surface area contributed by atoms with Crippen molar-refractivity contribution in [3.05, 3.63) is 58.3 Å². The average Bonchev–Trinajstić information content (AvgIpc) is 3.07. The topological polar surface area (TPSA) is 32.3 Å². The zero-order chi connectivity index (χ0) is 16.7. The number of carbonyl (C=O) groups is 1. The minimum absolute atomic E-state index is 0.0543. The molecule has 0 saturated heterocycles. The molecule has 0 bridgehead atoms. The van der Waals surface area contributed by atoms with Crippen molar-refractivity contribution in [2.75, 3.05) is 20.6 Å². The van der Waals surface area contributed by atoms with Crippen molar-refractivity contribution in [1.29, 1.82) is 0 Å². The zero-order valence-electron chi connectivity index (χ0n) is 13.9. The van der Waals surface area contributed by atoms with E-state index in [4.69, 9.17) is 0 Å². The van der Waals surface area contributed by atoms with E-state index in [1.165, 1.54) is 10.4 Å². The van der Waals surface area contributed by atoms with Gasteiger partial charge in [0.2, 0.25) is 5.91 Å². The first-order valence-corrected chi connectivity index (χ1v) is 9.64. The van der Waals surface area contributed by atoms with Crippen LogP contribution in [0.4, 0.5) is 0 Å². The van der Waals surface area contributed by atoms with E-state index in [-0.39, 0.29) is 17.2 Å². The number of thiophene rings is 1. The predicted octanol–water partition coefficient (Wildman–Crippen LogP) is 3.79. The molecule has 0 aliphatic carbocycles. The molecular weight excluding hydrogens is 324 g/mol. The third-order valence-electron chi connectivity index (χ3n) is 3.68. The molecule has 0 saturated carbocycles. The largest absolute Gasteiger partial charge is 0.353 e. The van der Waals surface area contributed by atoms with Crippen LogP contribution in [-0.4, -0.2) is 36.7 Å². The van der Waals surface area contributed by atoms with Crippen molar-refractivity contribution in [2.45, 2.75) is 24.0 Å². The Kier molecular flexibility index (Phi) is 7.15. The van der Waals surface area contributed by atoms with E-state index in [1.807, 2.05) is 39.2 Å². The third-order valence-corrected chi connectivity index (χ3v) is 5.86. The van der Waals surface area contributed by atoms with Crippen molar-refractivity contribution in [3.63, 3.8) is 0 Å². The van der Waals surface area contributed by atoms with E-state index in [0.717, 1.165) is 5.75 Å². The molecule has 0 spiro atoms. The van der Waals surface area contributed by atoms with Gasteiger partial charge in [-0.15, -0.1) is 23.1 Å². The number of likely N-dealkylation sites (N-methyl/N-ethyl adjacent to an activating group) is 1. The molecular formula is C18H24N2OS2. The second-order valence-electron chi connectivity index (χ2n) is 5.68. The molecule has 124 valence electrons. The average molecular weight is 349 g/mol. The summed E-state index contributed by atoms with van der Waals surface area (Å²) in [7, 11) is 4.09. The Balaban J connectivity index is 1.81. The summed E-state index contributed by atoms with van der Waals surface area (Å²) in [5.74, 6) is 0.964. The lowest BCUT2D eigenvalue weighted by Crippen LogP contribution is -2.37. The van der Waals surface area contributed by atoms with Gasteiger partial charge in [-0.05, 0) is 38.0 Å². The SMILES string of the molecule is C[C@H](SCc1ccccc1)C(=O)NC[C@H](c1cccs1)N(C)C. The highest BCUT2D eigenvalue weighted by atomic mass is 32.2. The van der Waals surface area contributed by atoms with E-state index >= 15 is 0 Å². The number of hydrogen-bond acceptors (Lipinski definition) is 4. The fourth-order valence-corrected chi connectivity index (χ4v) is 4.02. The van der Waals surface area contributed by atoms with Crippen LogP contribution in [-0.2, 0) is 10.5 Å². The highest BCUT2D eigenvalue weighted by molar-refractivity contribution is 7.99. The lowest BCUT2D eigenvalue weighted by atomic mass is 10.2. The third kappa shape index (κ3) is 5.68. The molecule has 1 heterocycles. The normalized spacial score (nSPS) is 13.7. The molecule has 0 aliphatic heterocycles. The predicted molar refractivity (Wildman–Crippen MR) is 101 cm³/mol. The maximum absolute atomic E-state index is 12.3. The summed E-state index contributed by atoms with van der Waals surface area (Å²) in [4.78, 5) is 15.7. The Bertz CT molecular complexity index is 584. The first kappa shape index (κ1) is 18.0. The van der Waals surface area contributed by atoms with Gasteiger partial charge >= 0.3 is 0 Å². The number of carbonyl (C=O) groups excluding carboxylic acids is 1. The number of benzene rings is 1. The maximum atomic E-state index is 12.3. The number of nitrogens with one attached hydrogen (secondary N) is 1. The minimum Gasteiger partial charge on any atom is -0.353 e. The van der Waals surface area contributed by atoms with Gasteiger partial charge in [-0.1, -0.05) is 36.4 Å². The van der Waals surface area contributed by atoms with E-state index in [2.05, 4.69) is 39.9 Å². The van der Waals surface area contributed by atoms with Crippen molar-refractivity contribution in [3.8, 4) is 0 Å². The molecule has 2 rings (SSSR count). The lowest BCUT2D eigenvalue weighted by Gasteiger charge is -2.24. The molecule has 1 N–H and O–H groups in total. The molecule has 0 unspecified atom stereocenters. The van der Waals surface area contributed by atoms with Crippen LogP contribution in [0.5, 0.6) is 0 Å². The zero-order valence-corrected chi connectivity index (χ0v) is 15.5. The van der Waals surface area contributed by atoms with Crippen molar-refractivity contribution in [2.24, 2.45) is 0 Å². The molecule has 1 amide bonds. The highest BCUT2D eigenvalue weighted by Crippen LogP contribution is 2.23. The van der Waals surface area contributed by atoms with Gasteiger partial charge in [0.05, 0.1) is 11.3 Å². The van der Waals surface area contributed by atoms with Gasteiger partial charge in [-0.25, -0.2) is 0 Å². The number of hydrogen-bond donors (Lipinski definition) is 1. The number of amides is 1. The van der Waals surface area contributed by atoms with Crippen molar-refractivity contribution in [1.82, 2.24) is 10.2 Å². The van der Waals surface area contributed by atoms with Gasteiger partial charge in [0.25, 0.3) is 0 Å². The molecule has 2 atom stereocenters. The highest BCUT2D eigenvalue weighted by Gasteiger charge is 2.19. The van der Waals surface area contributed by atoms with Gasteiger partial charge in [0.1, 0.15) is 0 Å². The Hall–Kier alpha value is -1.30. The molecule has 2 aromatic rings. The summed E-state index contributed by atoms with van der Waals surface area (Å²) in [6, 6.07) is 14.7. The molecule has 1 aromatic carbocycles. The fourth-order valence-electron chi connectivity index (χ4n) is 2.23. The van der Waals surface area contributed by atoms with Crippen LogP contribution < -0.4 is 5.32 Å². The van der Waals surface area contributed by atoms with Crippen molar-refractivity contribution < 1.29 is 4.79 Å². The number of rotatable bonds is 8. The second-order valence-corrected chi connectivity index (χ2v) is 7.99. The monoisotopic (exact) mass is 348 g/mol. The molecule has 23 heavy (non-hydrogen) atoms. The van der Waals surface area contributed by atoms with Gasteiger partial charge in [0.15, 0.2) is 0 Å². The summed E-state index contributed by atoms with van der Waals surface area (Å²) in [5.41, 5.74) is 1.25. The Morgan fingerprint density at radius 2 is 1.96 bits per heavy atom. The summed E-state index contributed by atoms with van der Waals surface area (Å²) in [6.07, 6.45) is 0. The molecule has 5 heteroatoms. The fraction of sp³-hybridized carbons (Fsp3) is 0.389. The Morgan fingerprint density at radius 1 is 1.22 bits per heavy atom. The molecule has 0 aliphatic rings. The van der Waals surface area contributed by atoms with Crippen LogP contribution in [0.2, 0.25) is 0 Å². The minimum atomic E-state index is -0.0543. The van der Waals surface area contributed by atoms with Gasteiger partial charge < -0.3 is 10.2 Å². The van der Waals surface area contributed by atoms with E-state index in [1.54, 1.807) is 23.1 Å². The quantitative estimate of drug-likeness (QED) is 0.788. The van der Waals surface area contributed by atoms with Crippen LogP contribution >= 0.6 is 23.1 Å². The van der Waals surface area contributed by atoms with Crippen LogP contribution in [0.3, 0.4) is 0 Å². The van der Waals surface area contributed by atoms with Crippen LogP contribution in [0.15, 0.2) is 47.8 Å². The first-order valence-electron chi connectivity index (χ1n) is 7.71. The summed E-state index contributed by atoms with van der Waals surface area (Å²) >= 11 is 3.40. The number of thioether (sulfide) groups is 1. The van der Waals surface area contributed by atoms with Crippen molar-refractivity contribution >= 4 is 29.0 Å². The Morgan fingerprint density at radius 3 is 2.57 bits per heavy atom. The van der Waals surface area contributed by atoms with Gasteiger partial charge in [-0.3, -0.25) is 4.79 Å². The van der Waals surface area contributed by atoms with Crippen LogP contribution in [0, 0.1) is 0 Å². The van der Waals surface area contributed by atoms with Crippen LogP contribution in [0.1, 0.15) is 23.4 Å². The first-order chi connectivity index (χ1) is 11.1. The second kappa shape index (κ2) is 9.11. The maximum Gasteiger partial charge on any atom is 0.232 e. The van der Waals surface area contributed by atoms with E-state index in [0.29, 0.717) is 6.54 Å². The summed E-state index contributed by atoms with van der Waals surface area (Å²) in [5, 5.41) is 5.11. The summed E-state index contributed by atoms with van der Waals surface area (Å²) < 4.78 is 0. The molecule has 0 radical (unpaired) electrons. The van der Waals surface area contributed by atoms with E-state index < -0.39 is 0 Å². The number of nitrogens with zero attached hydrogens (tertiary/aromatic N) is 1. The van der Waals surface area contributed by atoms with Crippen LogP contribution in [0.25, 0.3) is 0 Å². The van der Waals surface area contributed by atoms with Gasteiger partial charge in [0, 0.05) is 17.2 Å². The Labute approximate surface area is 147 Å². The van der Waals surface area contributed by atoms with E-state index in [9.17, 15) is 4.79 Å². The molecule has 3 nitrogen and oxygen atoms in total. The smallest absolute Gasteiger partial charge is 0.232 e. The van der Waals surface area contributed by atoms with Gasteiger partial charge in [-0.2, -0.15) is 0 Å². The molecule has 0 fully saturated rings. The summed E-state index contributed by atoms with van der Waals surface area (Å²) in [6.45, 7) is 2.61. The molecule has 1 aromatic heterocycles. The lowest BCUT2D eigenvalue weighted by molar-refractivity contribution is -0.120. The standard InChI is InChI=1S/C18H24N2OS2/c1-14(23-13-15-8-5-4-6-9-15)18(21)19-12-16(20(2)3)17-10-7-11-22-17/h4-11,14,16H,12-13H2,1-3H3,(H,19,21)/t14-,16+/m0/s1.